The van der Waals surface area contributed by atoms with Gasteiger partial charge in [0.05, 0.1) is 27.4 Å². The van der Waals surface area contributed by atoms with Gasteiger partial charge in [0.1, 0.15) is 0 Å². The molecule has 1 aliphatic rings. The van der Waals surface area contributed by atoms with Gasteiger partial charge in [0.15, 0.2) is 11.5 Å². The Bertz CT molecular complexity index is 465. The first-order chi connectivity index (χ1) is 10.8. The second-order valence-corrected chi connectivity index (χ2v) is 5.65. The molecule has 0 heterocycles. The Hall–Kier alpha value is -1.68. The fourth-order valence-electron chi connectivity index (χ4n) is 2.88. The van der Waals surface area contributed by atoms with Crippen LogP contribution in [0.15, 0.2) is 18.2 Å². The van der Waals surface area contributed by atoms with Gasteiger partial charge in [-0.3, -0.25) is 0 Å². The van der Waals surface area contributed by atoms with Crippen molar-refractivity contribution in [3.05, 3.63) is 23.8 Å². The highest BCUT2D eigenvalue weighted by molar-refractivity contribution is 5.62. The minimum absolute atomic E-state index is 0.00453. The predicted octanol–water partition coefficient (Wildman–Crippen LogP) is 3.67. The lowest BCUT2D eigenvalue weighted by Crippen LogP contribution is -2.15. The minimum Gasteiger partial charge on any atom is -0.493 e. The molecule has 4 heteroatoms. The number of hydrogen-bond donors (Lipinski definition) is 1. The third-order valence-corrected chi connectivity index (χ3v) is 4.09. The van der Waals surface area contributed by atoms with Gasteiger partial charge in [-0.05, 0) is 36.5 Å². The molecular formula is C18H26O4. The average Bonchev–Trinajstić information content (AvgIpc) is 2.58. The number of methoxy groups -OCH3 is 2. The van der Waals surface area contributed by atoms with Crippen molar-refractivity contribution in [3.63, 3.8) is 0 Å². The summed E-state index contributed by atoms with van der Waals surface area (Å²) in [6.45, 7) is 0.711. The highest BCUT2D eigenvalue weighted by Crippen LogP contribution is 2.39. The summed E-state index contributed by atoms with van der Waals surface area (Å²) < 4.78 is 16.9. The second kappa shape index (κ2) is 8.69. The number of hydrogen-bond acceptors (Lipinski definition) is 4. The molecule has 0 atom stereocenters. The van der Waals surface area contributed by atoms with Crippen molar-refractivity contribution in [1.82, 2.24) is 0 Å². The van der Waals surface area contributed by atoms with E-state index in [1.54, 1.807) is 20.3 Å². The standard InChI is InChI=1S/C18H26O4/c1-20-16-11-15(9-6-10-19)12-17(21-2)18(16)22-13-14-7-4-3-5-8-14/h6,9,11-12,14,19H,3-5,7-8,10,13H2,1-2H3/b9-6+. The van der Waals surface area contributed by atoms with Crippen LogP contribution in [0.1, 0.15) is 37.7 Å². The second-order valence-electron chi connectivity index (χ2n) is 5.65. The lowest BCUT2D eigenvalue weighted by molar-refractivity contribution is 0.195. The first-order valence-corrected chi connectivity index (χ1v) is 7.94. The van der Waals surface area contributed by atoms with Crippen molar-refractivity contribution < 1.29 is 19.3 Å². The van der Waals surface area contributed by atoms with E-state index in [-0.39, 0.29) is 6.61 Å². The lowest BCUT2D eigenvalue weighted by atomic mass is 9.90. The summed E-state index contributed by atoms with van der Waals surface area (Å²) in [5.74, 6) is 2.61. The minimum atomic E-state index is 0.00453. The van der Waals surface area contributed by atoms with Gasteiger partial charge in [0, 0.05) is 0 Å². The van der Waals surface area contributed by atoms with Gasteiger partial charge in [-0.15, -0.1) is 0 Å². The molecule has 22 heavy (non-hydrogen) atoms. The van der Waals surface area contributed by atoms with Gasteiger partial charge in [0.25, 0.3) is 0 Å². The van der Waals surface area contributed by atoms with Crippen molar-refractivity contribution in [2.45, 2.75) is 32.1 Å². The lowest BCUT2D eigenvalue weighted by Gasteiger charge is -2.23. The zero-order chi connectivity index (χ0) is 15.8. The summed E-state index contributed by atoms with van der Waals surface area (Å²) in [4.78, 5) is 0. The molecule has 4 nitrogen and oxygen atoms in total. The van der Waals surface area contributed by atoms with E-state index < -0.39 is 0 Å². The Morgan fingerprint density at radius 2 is 1.73 bits per heavy atom. The Kier molecular flexibility index (Phi) is 6.59. The van der Waals surface area contributed by atoms with Crippen LogP contribution in [0.3, 0.4) is 0 Å². The van der Waals surface area contributed by atoms with Gasteiger partial charge in [-0.1, -0.05) is 31.4 Å². The number of ether oxygens (including phenoxy) is 3. The van der Waals surface area contributed by atoms with E-state index in [0.717, 1.165) is 5.56 Å². The number of benzene rings is 1. The zero-order valence-electron chi connectivity index (χ0n) is 13.5. The Morgan fingerprint density at radius 3 is 2.27 bits per heavy atom. The molecule has 1 N–H and O–H groups in total. The fourth-order valence-corrected chi connectivity index (χ4v) is 2.88. The maximum Gasteiger partial charge on any atom is 0.203 e. The smallest absolute Gasteiger partial charge is 0.203 e. The summed E-state index contributed by atoms with van der Waals surface area (Å²) in [6.07, 6.45) is 9.92. The quantitative estimate of drug-likeness (QED) is 0.835. The number of aliphatic hydroxyl groups is 1. The van der Waals surface area contributed by atoms with Gasteiger partial charge in [-0.25, -0.2) is 0 Å². The van der Waals surface area contributed by atoms with Crippen LogP contribution in [0.25, 0.3) is 6.08 Å². The van der Waals surface area contributed by atoms with E-state index in [1.807, 2.05) is 18.2 Å². The molecule has 0 bridgehead atoms. The molecular weight excluding hydrogens is 280 g/mol. The highest BCUT2D eigenvalue weighted by atomic mass is 16.5. The van der Waals surface area contributed by atoms with E-state index >= 15 is 0 Å². The summed E-state index contributed by atoms with van der Waals surface area (Å²) in [7, 11) is 3.25. The highest BCUT2D eigenvalue weighted by Gasteiger charge is 2.18. The van der Waals surface area contributed by atoms with Crippen LogP contribution in [0.5, 0.6) is 17.2 Å². The molecule has 0 radical (unpaired) electrons. The molecule has 1 aromatic rings. The largest absolute Gasteiger partial charge is 0.493 e. The first kappa shape index (κ1) is 16.7. The summed E-state index contributed by atoms with van der Waals surface area (Å²) in [5, 5.41) is 8.89. The van der Waals surface area contributed by atoms with Crippen LogP contribution < -0.4 is 14.2 Å². The molecule has 0 aromatic heterocycles. The van der Waals surface area contributed by atoms with Crippen molar-refractivity contribution >= 4 is 6.08 Å². The molecule has 0 spiro atoms. The molecule has 1 saturated carbocycles. The normalized spacial score (nSPS) is 16.0. The zero-order valence-corrected chi connectivity index (χ0v) is 13.5. The van der Waals surface area contributed by atoms with E-state index in [9.17, 15) is 0 Å². The molecule has 0 amide bonds. The molecule has 122 valence electrons. The third kappa shape index (κ3) is 4.41. The first-order valence-electron chi connectivity index (χ1n) is 7.94. The number of aliphatic hydroxyl groups excluding tert-OH is 1. The summed E-state index contributed by atoms with van der Waals surface area (Å²) in [6, 6.07) is 3.79. The Labute approximate surface area is 132 Å². The summed E-state index contributed by atoms with van der Waals surface area (Å²) in [5.41, 5.74) is 0.910. The Morgan fingerprint density at radius 1 is 1.09 bits per heavy atom. The number of rotatable bonds is 7. The Balaban J connectivity index is 2.15. The SMILES string of the molecule is COc1cc(/C=C/CO)cc(OC)c1OCC1CCCCC1. The molecule has 0 unspecified atom stereocenters. The van der Waals surface area contributed by atoms with Gasteiger partial charge in [-0.2, -0.15) is 0 Å². The van der Waals surface area contributed by atoms with Gasteiger partial charge >= 0.3 is 0 Å². The maximum atomic E-state index is 8.89. The van der Waals surface area contributed by atoms with Crippen molar-refractivity contribution in [2.75, 3.05) is 27.4 Å². The van der Waals surface area contributed by atoms with Crippen molar-refractivity contribution in [2.24, 2.45) is 5.92 Å². The monoisotopic (exact) mass is 306 g/mol. The predicted molar refractivity (Wildman–Crippen MR) is 87.7 cm³/mol. The maximum absolute atomic E-state index is 8.89. The van der Waals surface area contributed by atoms with Crippen LogP contribution in [-0.2, 0) is 0 Å². The van der Waals surface area contributed by atoms with E-state index in [0.29, 0.717) is 29.8 Å². The van der Waals surface area contributed by atoms with Crippen LogP contribution in [0, 0.1) is 5.92 Å². The van der Waals surface area contributed by atoms with E-state index in [1.165, 1.54) is 32.1 Å². The molecule has 2 rings (SSSR count). The summed E-state index contributed by atoms with van der Waals surface area (Å²) >= 11 is 0. The van der Waals surface area contributed by atoms with Crippen molar-refractivity contribution in [1.29, 1.82) is 0 Å². The van der Waals surface area contributed by atoms with Gasteiger partial charge in [0.2, 0.25) is 5.75 Å². The van der Waals surface area contributed by atoms with E-state index in [2.05, 4.69) is 0 Å². The van der Waals surface area contributed by atoms with Crippen LogP contribution in [-0.4, -0.2) is 32.5 Å². The van der Waals surface area contributed by atoms with Crippen LogP contribution >= 0.6 is 0 Å². The van der Waals surface area contributed by atoms with E-state index in [4.69, 9.17) is 19.3 Å². The molecule has 1 aliphatic carbocycles. The fraction of sp³-hybridized carbons (Fsp3) is 0.556. The molecule has 1 aromatic carbocycles. The molecule has 1 fully saturated rings. The topological polar surface area (TPSA) is 47.9 Å². The van der Waals surface area contributed by atoms with Crippen LogP contribution in [0.2, 0.25) is 0 Å². The molecule has 0 aliphatic heterocycles. The van der Waals surface area contributed by atoms with Crippen molar-refractivity contribution in [3.8, 4) is 17.2 Å². The average molecular weight is 306 g/mol. The van der Waals surface area contributed by atoms with Gasteiger partial charge < -0.3 is 19.3 Å². The third-order valence-electron chi connectivity index (χ3n) is 4.09. The van der Waals surface area contributed by atoms with Crippen LogP contribution in [0.4, 0.5) is 0 Å². The molecule has 0 saturated heterocycles.